The molecule has 1 aromatic rings. The Labute approximate surface area is 106 Å². The lowest BCUT2D eigenvalue weighted by atomic mass is 10.1. The first kappa shape index (κ1) is 12.7. The number of benzene rings is 1. The molecule has 0 saturated carbocycles. The summed E-state index contributed by atoms with van der Waals surface area (Å²) in [6.07, 6.45) is 0. The number of esters is 1. The molecule has 0 radical (unpaired) electrons. The van der Waals surface area contributed by atoms with E-state index in [9.17, 15) is 4.79 Å². The van der Waals surface area contributed by atoms with Gasteiger partial charge in [0.1, 0.15) is 6.04 Å². The number of nitrogens with one attached hydrogen (secondary N) is 1. The lowest BCUT2D eigenvalue weighted by Crippen LogP contribution is -2.34. The number of rotatable bonds is 5. The Kier molecular flexibility index (Phi) is 4.04. The molecule has 0 bridgehead atoms. The standard InChI is InChI=1S/C13H17NO4/c1-3-16-13(15)9(2)14-7-10-5-4-6-11-12(10)18-8-17-11/h4-6,9,14H,3,7-8H2,1-2H3. The highest BCUT2D eigenvalue weighted by atomic mass is 16.7. The molecule has 1 heterocycles. The molecule has 1 atom stereocenters. The van der Waals surface area contributed by atoms with Crippen LogP contribution in [0.4, 0.5) is 0 Å². The van der Waals surface area contributed by atoms with Crippen LogP contribution in [0.5, 0.6) is 11.5 Å². The second-order valence-corrected chi connectivity index (χ2v) is 4.01. The van der Waals surface area contributed by atoms with Gasteiger partial charge >= 0.3 is 5.97 Å². The zero-order valence-corrected chi connectivity index (χ0v) is 10.6. The summed E-state index contributed by atoms with van der Waals surface area (Å²) in [7, 11) is 0. The molecule has 1 unspecified atom stereocenters. The largest absolute Gasteiger partial charge is 0.465 e. The zero-order valence-electron chi connectivity index (χ0n) is 10.6. The lowest BCUT2D eigenvalue weighted by Gasteiger charge is -2.13. The first-order chi connectivity index (χ1) is 8.72. The van der Waals surface area contributed by atoms with E-state index in [1.165, 1.54) is 0 Å². The number of hydrogen-bond acceptors (Lipinski definition) is 5. The van der Waals surface area contributed by atoms with Gasteiger partial charge in [-0.2, -0.15) is 0 Å². The third-order valence-corrected chi connectivity index (χ3v) is 2.72. The first-order valence-corrected chi connectivity index (χ1v) is 6.00. The molecule has 1 N–H and O–H groups in total. The van der Waals surface area contributed by atoms with Crippen LogP contribution in [0.1, 0.15) is 19.4 Å². The van der Waals surface area contributed by atoms with Crippen molar-refractivity contribution in [2.45, 2.75) is 26.4 Å². The van der Waals surface area contributed by atoms with E-state index in [0.717, 1.165) is 17.1 Å². The smallest absolute Gasteiger partial charge is 0.322 e. The maximum absolute atomic E-state index is 11.5. The zero-order chi connectivity index (χ0) is 13.0. The van der Waals surface area contributed by atoms with Crippen molar-refractivity contribution in [2.24, 2.45) is 0 Å². The summed E-state index contributed by atoms with van der Waals surface area (Å²) >= 11 is 0. The van der Waals surface area contributed by atoms with E-state index in [-0.39, 0.29) is 18.8 Å². The highest BCUT2D eigenvalue weighted by Crippen LogP contribution is 2.35. The summed E-state index contributed by atoms with van der Waals surface area (Å²) in [4.78, 5) is 11.5. The molecule has 98 valence electrons. The third kappa shape index (κ3) is 2.73. The molecule has 0 spiro atoms. The molecule has 5 heteroatoms. The maximum Gasteiger partial charge on any atom is 0.322 e. The quantitative estimate of drug-likeness (QED) is 0.803. The van der Waals surface area contributed by atoms with E-state index < -0.39 is 0 Å². The summed E-state index contributed by atoms with van der Waals surface area (Å²) in [5.74, 6) is 1.25. The predicted molar refractivity (Wildman–Crippen MR) is 65.5 cm³/mol. The normalized spacial score (nSPS) is 14.3. The van der Waals surface area contributed by atoms with E-state index in [1.807, 2.05) is 18.2 Å². The fourth-order valence-corrected chi connectivity index (χ4v) is 1.74. The van der Waals surface area contributed by atoms with Gasteiger partial charge < -0.3 is 19.5 Å². The second kappa shape index (κ2) is 5.73. The maximum atomic E-state index is 11.5. The van der Waals surface area contributed by atoms with Gasteiger partial charge in [-0.15, -0.1) is 0 Å². The van der Waals surface area contributed by atoms with Crippen LogP contribution in [0.15, 0.2) is 18.2 Å². The number of ether oxygens (including phenoxy) is 3. The summed E-state index contributed by atoms with van der Waals surface area (Å²) in [6, 6.07) is 5.36. The van der Waals surface area contributed by atoms with Crippen molar-refractivity contribution in [1.82, 2.24) is 5.32 Å². The Hall–Kier alpha value is -1.75. The Balaban J connectivity index is 1.95. The summed E-state index contributed by atoms with van der Waals surface area (Å²) < 4.78 is 15.6. The number of carbonyl (C=O) groups is 1. The van der Waals surface area contributed by atoms with Crippen molar-refractivity contribution in [3.63, 3.8) is 0 Å². The first-order valence-electron chi connectivity index (χ1n) is 6.00. The van der Waals surface area contributed by atoms with Crippen molar-refractivity contribution in [2.75, 3.05) is 13.4 Å². The van der Waals surface area contributed by atoms with E-state index in [1.54, 1.807) is 13.8 Å². The van der Waals surface area contributed by atoms with Crippen LogP contribution in [0.25, 0.3) is 0 Å². The van der Waals surface area contributed by atoms with Crippen LogP contribution >= 0.6 is 0 Å². The molecule has 5 nitrogen and oxygen atoms in total. The molecule has 0 amide bonds. The van der Waals surface area contributed by atoms with Crippen LogP contribution in [-0.2, 0) is 16.1 Å². The molecule has 0 saturated heterocycles. The molecule has 0 aromatic heterocycles. The van der Waals surface area contributed by atoms with Crippen molar-refractivity contribution in [3.05, 3.63) is 23.8 Å². The highest BCUT2D eigenvalue weighted by molar-refractivity contribution is 5.75. The second-order valence-electron chi connectivity index (χ2n) is 4.01. The molecule has 18 heavy (non-hydrogen) atoms. The summed E-state index contributed by atoms with van der Waals surface area (Å²) in [6.45, 7) is 4.74. The van der Waals surface area contributed by atoms with E-state index in [2.05, 4.69) is 5.32 Å². The van der Waals surface area contributed by atoms with E-state index >= 15 is 0 Å². The molecule has 2 rings (SSSR count). The topological polar surface area (TPSA) is 56.8 Å². The summed E-state index contributed by atoms with van der Waals surface area (Å²) in [5.41, 5.74) is 0.973. The minimum absolute atomic E-state index is 0.248. The van der Waals surface area contributed by atoms with Crippen LogP contribution in [0, 0.1) is 0 Å². The van der Waals surface area contributed by atoms with Crippen LogP contribution in [-0.4, -0.2) is 25.4 Å². The Morgan fingerprint density at radius 1 is 1.50 bits per heavy atom. The van der Waals surface area contributed by atoms with Gasteiger partial charge in [-0.25, -0.2) is 0 Å². The van der Waals surface area contributed by atoms with Crippen LogP contribution in [0.2, 0.25) is 0 Å². The van der Waals surface area contributed by atoms with Crippen molar-refractivity contribution in [1.29, 1.82) is 0 Å². The SMILES string of the molecule is CCOC(=O)C(C)NCc1cccc2c1OCO2. The van der Waals surface area contributed by atoms with E-state index in [4.69, 9.17) is 14.2 Å². The van der Waals surface area contributed by atoms with Crippen LogP contribution in [0.3, 0.4) is 0 Å². The van der Waals surface area contributed by atoms with Crippen molar-refractivity contribution >= 4 is 5.97 Å². The number of hydrogen-bond donors (Lipinski definition) is 1. The molecule has 0 fully saturated rings. The predicted octanol–water partition coefficient (Wildman–Crippen LogP) is 1.46. The molecule has 1 aliphatic heterocycles. The van der Waals surface area contributed by atoms with Crippen LogP contribution < -0.4 is 14.8 Å². The number of carbonyl (C=O) groups excluding carboxylic acids is 1. The van der Waals surface area contributed by atoms with Gasteiger partial charge in [0.15, 0.2) is 11.5 Å². The molecule has 1 aliphatic rings. The van der Waals surface area contributed by atoms with Gasteiger partial charge in [-0.3, -0.25) is 4.79 Å². The Bertz CT molecular complexity index is 433. The third-order valence-electron chi connectivity index (χ3n) is 2.72. The average molecular weight is 251 g/mol. The summed E-state index contributed by atoms with van der Waals surface area (Å²) in [5, 5.41) is 3.10. The van der Waals surface area contributed by atoms with Gasteiger partial charge in [0.25, 0.3) is 0 Å². The minimum atomic E-state index is -0.344. The fraction of sp³-hybridized carbons (Fsp3) is 0.462. The molecule has 0 aliphatic carbocycles. The van der Waals surface area contributed by atoms with Gasteiger partial charge in [0.05, 0.1) is 6.61 Å². The van der Waals surface area contributed by atoms with Gasteiger partial charge in [-0.05, 0) is 19.9 Å². The molecule has 1 aromatic carbocycles. The number of fused-ring (bicyclic) bond motifs is 1. The van der Waals surface area contributed by atoms with Gasteiger partial charge in [-0.1, -0.05) is 12.1 Å². The fourth-order valence-electron chi connectivity index (χ4n) is 1.74. The Morgan fingerprint density at radius 2 is 2.33 bits per heavy atom. The lowest BCUT2D eigenvalue weighted by molar-refractivity contribution is -0.145. The molecular formula is C13H17NO4. The minimum Gasteiger partial charge on any atom is -0.465 e. The van der Waals surface area contributed by atoms with Gasteiger partial charge in [0, 0.05) is 12.1 Å². The highest BCUT2D eigenvalue weighted by Gasteiger charge is 2.19. The number of para-hydroxylation sites is 1. The van der Waals surface area contributed by atoms with Gasteiger partial charge in [0.2, 0.25) is 6.79 Å². The van der Waals surface area contributed by atoms with Crippen molar-refractivity contribution < 1.29 is 19.0 Å². The molecular weight excluding hydrogens is 234 g/mol. The average Bonchev–Trinajstić information content (AvgIpc) is 2.84. The monoisotopic (exact) mass is 251 g/mol. The Morgan fingerprint density at radius 3 is 3.11 bits per heavy atom. The van der Waals surface area contributed by atoms with Crippen molar-refractivity contribution in [3.8, 4) is 11.5 Å². The van der Waals surface area contributed by atoms with E-state index in [0.29, 0.717) is 13.2 Å².